The second-order valence-corrected chi connectivity index (χ2v) is 4.53. The van der Waals surface area contributed by atoms with Crippen molar-refractivity contribution in [1.82, 2.24) is 15.8 Å². The smallest absolute Gasteiger partial charge is 0.276 e. The summed E-state index contributed by atoms with van der Waals surface area (Å²) in [6.45, 7) is 4.39. The van der Waals surface area contributed by atoms with Crippen molar-refractivity contribution in [3.8, 4) is 0 Å². The third kappa shape index (κ3) is 3.64. The number of likely N-dealkylation sites (N-methyl/N-ethyl adjacent to an activating group) is 1. The Bertz CT molecular complexity index is 437. The summed E-state index contributed by atoms with van der Waals surface area (Å²) in [7, 11) is 1.79. The van der Waals surface area contributed by atoms with E-state index in [2.05, 4.69) is 15.6 Å². The molecule has 18 heavy (non-hydrogen) atoms. The molecule has 100 valence electrons. The molecule has 7 heteroatoms. The number of hydroxylamine groups is 1. The number of carbonyl (C=O) groups is 1. The largest absolute Gasteiger partial charge is 0.361 e. The van der Waals surface area contributed by atoms with Crippen molar-refractivity contribution in [3.05, 3.63) is 23.6 Å². The van der Waals surface area contributed by atoms with Gasteiger partial charge >= 0.3 is 0 Å². The molecule has 0 bridgehead atoms. The first kappa shape index (κ1) is 14.3. The van der Waals surface area contributed by atoms with Crippen LogP contribution in [0.4, 0.5) is 10.2 Å². The third-order valence-corrected chi connectivity index (χ3v) is 2.28. The van der Waals surface area contributed by atoms with Crippen LogP contribution in [0.15, 0.2) is 12.3 Å². The Kier molecular flexibility index (Phi) is 4.57. The van der Waals surface area contributed by atoms with Gasteiger partial charge in [0.25, 0.3) is 5.91 Å². The highest BCUT2D eigenvalue weighted by Gasteiger charge is 2.19. The maximum absolute atomic E-state index is 13.7. The van der Waals surface area contributed by atoms with E-state index in [-0.39, 0.29) is 16.9 Å². The van der Waals surface area contributed by atoms with E-state index in [0.717, 1.165) is 6.07 Å². The molecule has 0 aliphatic heterocycles. The first-order chi connectivity index (χ1) is 8.39. The molecule has 0 unspecified atom stereocenters. The van der Waals surface area contributed by atoms with Crippen LogP contribution in [0, 0.1) is 5.82 Å². The fraction of sp³-hybridized carbons (Fsp3) is 0.455. The maximum atomic E-state index is 13.7. The number of pyridine rings is 1. The molecule has 1 amide bonds. The number of amides is 1. The summed E-state index contributed by atoms with van der Waals surface area (Å²) in [4.78, 5) is 14.9. The van der Waals surface area contributed by atoms with Crippen LogP contribution in [0.2, 0.25) is 0 Å². The first-order valence-electron chi connectivity index (χ1n) is 5.42. The van der Waals surface area contributed by atoms with Crippen molar-refractivity contribution in [3.63, 3.8) is 0 Å². The van der Waals surface area contributed by atoms with Crippen molar-refractivity contribution in [2.45, 2.75) is 19.4 Å². The van der Waals surface area contributed by atoms with Crippen molar-refractivity contribution in [2.75, 3.05) is 18.9 Å². The summed E-state index contributed by atoms with van der Waals surface area (Å²) in [5.74, 6) is -1.40. The molecule has 0 spiro atoms. The average molecular weight is 256 g/mol. The van der Waals surface area contributed by atoms with Gasteiger partial charge in [0.05, 0.1) is 5.56 Å². The molecular formula is C11H17FN4O2. The summed E-state index contributed by atoms with van der Waals surface area (Å²) in [6.07, 6.45) is 1.19. The lowest BCUT2D eigenvalue weighted by molar-refractivity contribution is 0.0705. The molecule has 0 atom stereocenters. The summed E-state index contributed by atoms with van der Waals surface area (Å²) >= 11 is 0. The standard InChI is InChI=1S/C11H17FN4O2/c1-11(2,6-13-3)15-9-8(12)4-7(5-14-9)10(17)16-18/h4-5,13,18H,6H2,1-3H3,(H,14,15)(H,16,17). The lowest BCUT2D eigenvalue weighted by Gasteiger charge is -2.26. The van der Waals surface area contributed by atoms with Crippen molar-refractivity contribution < 1.29 is 14.4 Å². The highest BCUT2D eigenvalue weighted by molar-refractivity contribution is 5.93. The Labute approximate surface area is 105 Å². The molecule has 1 aromatic rings. The number of hydrogen-bond acceptors (Lipinski definition) is 5. The molecule has 1 aromatic heterocycles. The van der Waals surface area contributed by atoms with E-state index in [9.17, 15) is 9.18 Å². The molecule has 4 N–H and O–H groups in total. The van der Waals surface area contributed by atoms with Gasteiger partial charge in [-0.3, -0.25) is 10.0 Å². The maximum Gasteiger partial charge on any atom is 0.276 e. The molecule has 0 aliphatic carbocycles. The van der Waals surface area contributed by atoms with E-state index in [1.165, 1.54) is 11.7 Å². The van der Waals surface area contributed by atoms with Crippen molar-refractivity contribution >= 4 is 11.7 Å². The second-order valence-electron chi connectivity index (χ2n) is 4.53. The quantitative estimate of drug-likeness (QED) is 0.461. The molecule has 0 radical (unpaired) electrons. The van der Waals surface area contributed by atoms with Gasteiger partial charge in [-0.1, -0.05) is 0 Å². The van der Waals surface area contributed by atoms with Gasteiger partial charge in [-0.2, -0.15) is 0 Å². The Balaban J connectivity index is 2.89. The molecule has 0 saturated carbocycles. The molecule has 0 aromatic carbocycles. The van der Waals surface area contributed by atoms with E-state index in [1.54, 1.807) is 7.05 Å². The number of aromatic nitrogens is 1. The number of hydrogen-bond donors (Lipinski definition) is 4. The zero-order valence-electron chi connectivity index (χ0n) is 10.5. The Morgan fingerprint density at radius 2 is 2.22 bits per heavy atom. The number of carbonyl (C=O) groups excluding carboxylic acids is 1. The van der Waals surface area contributed by atoms with Crippen molar-refractivity contribution in [2.24, 2.45) is 0 Å². The van der Waals surface area contributed by atoms with Crippen LogP contribution < -0.4 is 16.1 Å². The molecular weight excluding hydrogens is 239 g/mol. The molecule has 1 rings (SSSR count). The number of nitrogens with zero attached hydrogens (tertiary/aromatic N) is 1. The summed E-state index contributed by atoms with van der Waals surface area (Å²) in [6, 6.07) is 1.01. The van der Waals surface area contributed by atoms with E-state index in [4.69, 9.17) is 5.21 Å². The van der Waals surface area contributed by atoms with E-state index in [1.807, 2.05) is 13.8 Å². The minimum absolute atomic E-state index is 0.0491. The highest BCUT2D eigenvalue weighted by atomic mass is 19.1. The van der Waals surface area contributed by atoms with E-state index in [0.29, 0.717) is 6.54 Å². The van der Waals surface area contributed by atoms with Gasteiger partial charge in [-0.05, 0) is 27.0 Å². The van der Waals surface area contributed by atoms with Gasteiger partial charge in [0.15, 0.2) is 11.6 Å². The Morgan fingerprint density at radius 1 is 1.56 bits per heavy atom. The molecule has 0 fully saturated rings. The highest BCUT2D eigenvalue weighted by Crippen LogP contribution is 2.17. The topological polar surface area (TPSA) is 86.3 Å². The normalized spacial score (nSPS) is 11.2. The average Bonchev–Trinajstić information content (AvgIpc) is 2.30. The van der Waals surface area contributed by atoms with Gasteiger partial charge < -0.3 is 10.6 Å². The predicted molar refractivity (Wildman–Crippen MR) is 65.1 cm³/mol. The predicted octanol–water partition coefficient (Wildman–Crippen LogP) is 0.750. The zero-order chi connectivity index (χ0) is 13.8. The van der Waals surface area contributed by atoms with Gasteiger partial charge in [0, 0.05) is 18.3 Å². The van der Waals surface area contributed by atoms with Crippen LogP contribution in [0.5, 0.6) is 0 Å². The first-order valence-corrected chi connectivity index (χ1v) is 5.42. The van der Waals surface area contributed by atoms with Gasteiger partial charge in [0.2, 0.25) is 0 Å². The Hall–Kier alpha value is -1.73. The lowest BCUT2D eigenvalue weighted by Crippen LogP contribution is -2.41. The van der Waals surface area contributed by atoms with Crippen LogP contribution in [0.25, 0.3) is 0 Å². The van der Waals surface area contributed by atoms with E-state index < -0.39 is 11.7 Å². The molecule has 6 nitrogen and oxygen atoms in total. The van der Waals surface area contributed by atoms with Crippen LogP contribution >= 0.6 is 0 Å². The molecule has 1 heterocycles. The molecule has 0 aliphatic rings. The van der Waals surface area contributed by atoms with Crippen LogP contribution in [-0.4, -0.2) is 35.2 Å². The van der Waals surface area contributed by atoms with Gasteiger partial charge in [-0.15, -0.1) is 0 Å². The SMILES string of the molecule is CNCC(C)(C)Nc1ncc(C(=O)NO)cc1F. The molecule has 0 saturated heterocycles. The van der Waals surface area contributed by atoms with Crippen LogP contribution in [0.1, 0.15) is 24.2 Å². The Morgan fingerprint density at radius 3 is 2.72 bits per heavy atom. The fourth-order valence-electron chi connectivity index (χ4n) is 1.53. The lowest BCUT2D eigenvalue weighted by atomic mass is 10.1. The van der Waals surface area contributed by atoms with Crippen LogP contribution in [0.3, 0.4) is 0 Å². The number of halogens is 1. The number of anilines is 1. The monoisotopic (exact) mass is 256 g/mol. The third-order valence-electron chi connectivity index (χ3n) is 2.28. The zero-order valence-corrected chi connectivity index (χ0v) is 10.5. The summed E-state index contributed by atoms with van der Waals surface area (Å²) in [5.41, 5.74) is 0.986. The van der Waals surface area contributed by atoms with Crippen molar-refractivity contribution in [1.29, 1.82) is 0 Å². The number of rotatable bonds is 5. The second kappa shape index (κ2) is 5.74. The fourth-order valence-corrected chi connectivity index (χ4v) is 1.53. The summed E-state index contributed by atoms with van der Waals surface area (Å²) < 4.78 is 13.7. The van der Waals surface area contributed by atoms with Crippen LogP contribution in [-0.2, 0) is 0 Å². The van der Waals surface area contributed by atoms with Gasteiger partial charge in [0.1, 0.15) is 0 Å². The summed E-state index contributed by atoms with van der Waals surface area (Å²) in [5, 5.41) is 14.3. The number of nitrogens with one attached hydrogen (secondary N) is 3. The van der Waals surface area contributed by atoms with E-state index >= 15 is 0 Å². The van der Waals surface area contributed by atoms with Gasteiger partial charge in [-0.25, -0.2) is 14.9 Å². The minimum Gasteiger partial charge on any atom is -0.361 e. The minimum atomic E-state index is -0.803.